The predicted octanol–water partition coefficient (Wildman–Crippen LogP) is 3.63. The molecule has 1 N–H and O–H groups in total. The van der Waals surface area contributed by atoms with E-state index in [9.17, 15) is 0 Å². The molecular weight excluding hydrogens is 354 g/mol. The van der Waals surface area contributed by atoms with Crippen molar-refractivity contribution in [3.8, 4) is 40.1 Å². The van der Waals surface area contributed by atoms with E-state index in [0.29, 0.717) is 27.8 Å². The number of benzene rings is 2. The van der Waals surface area contributed by atoms with Crippen LogP contribution in [-0.2, 0) is 0 Å². The second kappa shape index (κ2) is 7.49. The Bertz CT molecular complexity index is 938. The highest BCUT2D eigenvalue weighted by molar-refractivity contribution is 7.71. The van der Waals surface area contributed by atoms with Crippen molar-refractivity contribution in [3.05, 3.63) is 41.2 Å². The summed E-state index contributed by atoms with van der Waals surface area (Å²) in [4.78, 5) is 0. The number of ether oxygens (including phenoxy) is 4. The summed E-state index contributed by atoms with van der Waals surface area (Å²) in [6.07, 6.45) is 0. The SMILES string of the molecule is COc1ccc(-n2c(-c3cc(OC)c(OC)c(OC)c3)n[nH]c2=S)cc1. The number of aromatic amines is 1. The van der Waals surface area contributed by atoms with Gasteiger partial charge in [-0.1, -0.05) is 0 Å². The Morgan fingerprint density at radius 2 is 1.50 bits per heavy atom. The smallest absolute Gasteiger partial charge is 0.203 e. The van der Waals surface area contributed by atoms with Crippen molar-refractivity contribution in [3.63, 3.8) is 0 Å². The number of methoxy groups -OCH3 is 4. The van der Waals surface area contributed by atoms with Gasteiger partial charge in [-0.2, -0.15) is 5.10 Å². The van der Waals surface area contributed by atoms with Crippen molar-refractivity contribution in [2.24, 2.45) is 0 Å². The van der Waals surface area contributed by atoms with Crippen LogP contribution in [0.1, 0.15) is 0 Å². The van der Waals surface area contributed by atoms with Gasteiger partial charge in [0, 0.05) is 5.56 Å². The number of aromatic nitrogens is 3. The Balaban J connectivity index is 2.18. The van der Waals surface area contributed by atoms with Gasteiger partial charge in [0.15, 0.2) is 22.1 Å². The van der Waals surface area contributed by atoms with Gasteiger partial charge in [0.1, 0.15) is 5.75 Å². The molecule has 3 aromatic rings. The van der Waals surface area contributed by atoms with Crippen molar-refractivity contribution < 1.29 is 18.9 Å². The van der Waals surface area contributed by atoms with Gasteiger partial charge in [-0.15, -0.1) is 0 Å². The fourth-order valence-corrected chi connectivity index (χ4v) is 2.91. The van der Waals surface area contributed by atoms with E-state index in [-0.39, 0.29) is 0 Å². The summed E-state index contributed by atoms with van der Waals surface area (Å²) in [6, 6.07) is 11.2. The lowest BCUT2D eigenvalue weighted by Gasteiger charge is -2.14. The minimum atomic E-state index is 0.471. The summed E-state index contributed by atoms with van der Waals surface area (Å²) in [5.41, 5.74) is 1.62. The Labute approximate surface area is 156 Å². The Hall–Kier alpha value is -3.00. The summed E-state index contributed by atoms with van der Waals surface area (Å²) < 4.78 is 23.7. The molecule has 0 aliphatic carbocycles. The number of nitrogens with one attached hydrogen (secondary N) is 1. The summed E-state index contributed by atoms with van der Waals surface area (Å²) in [5.74, 6) is 2.98. The zero-order chi connectivity index (χ0) is 18.7. The molecule has 136 valence electrons. The fourth-order valence-electron chi connectivity index (χ4n) is 2.67. The molecule has 1 heterocycles. The van der Waals surface area contributed by atoms with E-state index in [2.05, 4.69) is 10.2 Å². The first-order valence-electron chi connectivity index (χ1n) is 7.75. The zero-order valence-electron chi connectivity index (χ0n) is 14.9. The normalized spacial score (nSPS) is 10.5. The Morgan fingerprint density at radius 1 is 0.885 bits per heavy atom. The van der Waals surface area contributed by atoms with Gasteiger partial charge in [-0.3, -0.25) is 9.67 Å². The van der Waals surface area contributed by atoms with Crippen LogP contribution in [0.5, 0.6) is 23.0 Å². The van der Waals surface area contributed by atoms with Gasteiger partial charge in [-0.25, -0.2) is 0 Å². The lowest BCUT2D eigenvalue weighted by Crippen LogP contribution is -2.00. The quantitative estimate of drug-likeness (QED) is 0.666. The second-order valence-electron chi connectivity index (χ2n) is 5.30. The molecule has 0 spiro atoms. The monoisotopic (exact) mass is 373 g/mol. The van der Waals surface area contributed by atoms with Crippen LogP contribution in [0.15, 0.2) is 36.4 Å². The van der Waals surface area contributed by atoms with E-state index < -0.39 is 0 Å². The number of rotatable bonds is 6. The molecule has 0 saturated heterocycles. The summed E-state index contributed by atoms with van der Waals surface area (Å²) in [6.45, 7) is 0. The summed E-state index contributed by atoms with van der Waals surface area (Å²) in [7, 11) is 6.33. The summed E-state index contributed by atoms with van der Waals surface area (Å²) >= 11 is 5.41. The van der Waals surface area contributed by atoms with Crippen LogP contribution in [0.25, 0.3) is 17.1 Å². The summed E-state index contributed by atoms with van der Waals surface area (Å²) in [5, 5.41) is 7.21. The molecule has 0 fully saturated rings. The topological polar surface area (TPSA) is 70.5 Å². The molecule has 0 atom stereocenters. The maximum Gasteiger partial charge on any atom is 0.203 e. The lowest BCUT2D eigenvalue weighted by atomic mass is 10.1. The van der Waals surface area contributed by atoms with Crippen LogP contribution >= 0.6 is 12.2 Å². The van der Waals surface area contributed by atoms with E-state index in [4.69, 9.17) is 31.2 Å². The minimum Gasteiger partial charge on any atom is -0.497 e. The van der Waals surface area contributed by atoms with Gasteiger partial charge in [0.25, 0.3) is 0 Å². The molecule has 0 unspecified atom stereocenters. The minimum absolute atomic E-state index is 0.471. The van der Waals surface area contributed by atoms with E-state index in [0.717, 1.165) is 17.0 Å². The molecule has 0 radical (unpaired) electrons. The van der Waals surface area contributed by atoms with Gasteiger partial charge in [0.05, 0.1) is 34.1 Å². The molecular formula is C18H19N3O4S. The average Bonchev–Trinajstić information content (AvgIpc) is 3.08. The Morgan fingerprint density at radius 3 is 2.00 bits per heavy atom. The number of nitrogens with zero attached hydrogens (tertiary/aromatic N) is 2. The van der Waals surface area contributed by atoms with E-state index >= 15 is 0 Å². The van der Waals surface area contributed by atoms with Gasteiger partial charge >= 0.3 is 0 Å². The Kier molecular flexibility index (Phi) is 5.13. The molecule has 7 nitrogen and oxygen atoms in total. The first-order valence-corrected chi connectivity index (χ1v) is 8.16. The van der Waals surface area contributed by atoms with Crippen molar-refractivity contribution >= 4 is 12.2 Å². The second-order valence-corrected chi connectivity index (χ2v) is 5.69. The molecule has 3 rings (SSSR count). The number of hydrogen-bond acceptors (Lipinski definition) is 6. The van der Waals surface area contributed by atoms with Gasteiger partial charge in [-0.05, 0) is 48.6 Å². The van der Waals surface area contributed by atoms with Crippen LogP contribution in [0, 0.1) is 4.77 Å². The first kappa shape index (κ1) is 17.8. The van der Waals surface area contributed by atoms with Gasteiger partial charge < -0.3 is 18.9 Å². The molecule has 0 saturated carbocycles. The maximum atomic E-state index is 5.43. The van der Waals surface area contributed by atoms with Crippen molar-refractivity contribution in [2.75, 3.05) is 28.4 Å². The van der Waals surface area contributed by atoms with Gasteiger partial charge in [0.2, 0.25) is 5.75 Å². The lowest BCUT2D eigenvalue weighted by molar-refractivity contribution is 0.324. The molecule has 0 amide bonds. The highest BCUT2D eigenvalue weighted by Crippen LogP contribution is 2.41. The third kappa shape index (κ3) is 3.11. The largest absolute Gasteiger partial charge is 0.497 e. The maximum absolute atomic E-state index is 5.43. The van der Waals surface area contributed by atoms with E-state index in [1.807, 2.05) is 41.0 Å². The van der Waals surface area contributed by atoms with E-state index in [1.165, 1.54) is 0 Å². The number of H-pyrrole nitrogens is 1. The third-order valence-corrected chi connectivity index (χ3v) is 4.20. The molecule has 8 heteroatoms. The first-order chi connectivity index (χ1) is 12.6. The number of hydrogen-bond donors (Lipinski definition) is 1. The van der Waals surface area contributed by atoms with Crippen molar-refractivity contribution in [1.29, 1.82) is 0 Å². The molecule has 0 bridgehead atoms. The average molecular weight is 373 g/mol. The van der Waals surface area contributed by atoms with E-state index in [1.54, 1.807) is 28.4 Å². The van der Waals surface area contributed by atoms with Crippen LogP contribution in [0.4, 0.5) is 0 Å². The molecule has 2 aromatic carbocycles. The zero-order valence-corrected chi connectivity index (χ0v) is 15.7. The van der Waals surface area contributed by atoms with Crippen LogP contribution < -0.4 is 18.9 Å². The highest BCUT2D eigenvalue weighted by atomic mass is 32.1. The fraction of sp³-hybridized carbons (Fsp3) is 0.222. The highest BCUT2D eigenvalue weighted by Gasteiger charge is 2.18. The molecule has 0 aliphatic heterocycles. The molecule has 26 heavy (non-hydrogen) atoms. The van der Waals surface area contributed by atoms with Crippen molar-refractivity contribution in [1.82, 2.24) is 14.8 Å². The van der Waals surface area contributed by atoms with Crippen molar-refractivity contribution in [2.45, 2.75) is 0 Å². The van der Waals surface area contributed by atoms with Crippen LogP contribution in [0.2, 0.25) is 0 Å². The standard InChI is InChI=1S/C18H19N3O4S/c1-22-13-7-5-12(6-8-13)21-17(19-20-18(21)26)11-9-14(23-2)16(25-4)15(10-11)24-3/h5-10H,1-4H3,(H,20,26). The predicted molar refractivity (Wildman–Crippen MR) is 100 cm³/mol. The molecule has 1 aromatic heterocycles. The van der Waals surface area contributed by atoms with Crippen LogP contribution in [0.3, 0.4) is 0 Å². The third-order valence-electron chi connectivity index (χ3n) is 3.93. The molecule has 0 aliphatic rings. The van der Waals surface area contributed by atoms with Crippen LogP contribution in [-0.4, -0.2) is 43.2 Å².